The molecule has 0 spiro atoms. The second kappa shape index (κ2) is 7.11. The highest BCUT2D eigenvalue weighted by Crippen LogP contribution is 2.29. The highest BCUT2D eigenvalue weighted by Gasteiger charge is 2.33. The number of imidazole rings is 1. The summed E-state index contributed by atoms with van der Waals surface area (Å²) >= 11 is 0. The fraction of sp³-hybridized carbons (Fsp3) is 0.294. The number of fused-ring (bicyclic) bond motifs is 1. The predicted molar refractivity (Wildman–Crippen MR) is 99.7 cm³/mol. The molecule has 150 valence electrons. The Bertz CT molecular complexity index is 1090. The molecule has 4 rings (SSSR count). The zero-order chi connectivity index (χ0) is 20.6. The summed E-state index contributed by atoms with van der Waals surface area (Å²) < 4.78 is 40.3. The van der Waals surface area contributed by atoms with Gasteiger partial charge in [0.2, 0.25) is 0 Å². The van der Waals surface area contributed by atoms with Gasteiger partial charge < -0.3 is 10.6 Å². The van der Waals surface area contributed by atoms with Gasteiger partial charge in [0.1, 0.15) is 23.7 Å². The van der Waals surface area contributed by atoms with Gasteiger partial charge in [0, 0.05) is 31.4 Å². The fourth-order valence-electron chi connectivity index (χ4n) is 3.24. The van der Waals surface area contributed by atoms with E-state index in [1.165, 1.54) is 10.6 Å². The molecule has 1 atom stereocenters. The van der Waals surface area contributed by atoms with Gasteiger partial charge in [-0.1, -0.05) is 0 Å². The van der Waals surface area contributed by atoms with E-state index in [0.29, 0.717) is 30.4 Å². The first kappa shape index (κ1) is 18.8. The van der Waals surface area contributed by atoms with Crippen molar-refractivity contribution in [2.45, 2.75) is 12.6 Å². The molecule has 1 aliphatic rings. The van der Waals surface area contributed by atoms with Crippen LogP contribution in [0.15, 0.2) is 35.8 Å². The van der Waals surface area contributed by atoms with Crippen molar-refractivity contribution in [1.29, 1.82) is 5.41 Å². The Hall–Kier alpha value is -3.57. The number of nitrogens with zero attached hydrogens (tertiary/aromatic N) is 7. The lowest BCUT2D eigenvalue weighted by atomic mass is 10.1. The number of rotatable bonds is 4. The van der Waals surface area contributed by atoms with Gasteiger partial charge >= 0.3 is 6.18 Å². The molecule has 12 heteroatoms. The van der Waals surface area contributed by atoms with E-state index in [1.807, 2.05) is 4.90 Å². The molecule has 29 heavy (non-hydrogen) atoms. The van der Waals surface area contributed by atoms with Crippen molar-refractivity contribution in [3.05, 3.63) is 36.5 Å². The van der Waals surface area contributed by atoms with Crippen molar-refractivity contribution in [2.24, 2.45) is 16.6 Å². The lowest BCUT2D eigenvalue weighted by Gasteiger charge is -2.17. The Morgan fingerprint density at radius 1 is 1.28 bits per heavy atom. The third kappa shape index (κ3) is 3.60. The highest BCUT2D eigenvalue weighted by atomic mass is 19.4. The summed E-state index contributed by atoms with van der Waals surface area (Å²) in [7, 11) is 0. The molecular formula is C17H16F3N9. The van der Waals surface area contributed by atoms with Crippen LogP contribution in [-0.4, -0.2) is 49.6 Å². The first-order chi connectivity index (χ1) is 13.9. The van der Waals surface area contributed by atoms with Crippen LogP contribution in [0.4, 0.5) is 19.0 Å². The molecule has 4 heterocycles. The Labute approximate surface area is 162 Å². The van der Waals surface area contributed by atoms with Gasteiger partial charge in [-0.25, -0.2) is 24.9 Å². The molecule has 0 amide bonds. The first-order valence-electron chi connectivity index (χ1n) is 8.67. The number of halogens is 3. The molecule has 0 aromatic carbocycles. The minimum atomic E-state index is -4.57. The molecule has 1 saturated heterocycles. The summed E-state index contributed by atoms with van der Waals surface area (Å²) in [5.41, 5.74) is 5.45. The van der Waals surface area contributed by atoms with Crippen molar-refractivity contribution in [3.63, 3.8) is 0 Å². The molecule has 0 radical (unpaired) electrons. The molecule has 0 saturated carbocycles. The van der Waals surface area contributed by atoms with Crippen molar-refractivity contribution in [1.82, 2.24) is 24.3 Å². The maximum atomic E-state index is 13.0. The molecule has 3 aromatic heterocycles. The zero-order valence-electron chi connectivity index (χ0n) is 15.0. The van der Waals surface area contributed by atoms with E-state index >= 15 is 0 Å². The van der Waals surface area contributed by atoms with Gasteiger partial charge in [-0.05, 0) is 12.5 Å². The number of hydrogen-bond donors (Lipinski definition) is 2. The minimum absolute atomic E-state index is 0.00577. The third-order valence-corrected chi connectivity index (χ3v) is 4.70. The second-order valence-electron chi connectivity index (χ2n) is 6.50. The molecule has 3 N–H and O–H groups in total. The van der Waals surface area contributed by atoms with E-state index < -0.39 is 11.9 Å². The van der Waals surface area contributed by atoms with Crippen LogP contribution in [0.25, 0.3) is 17.2 Å². The molecule has 0 bridgehead atoms. The van der Waals surface area contributed by atoms with Gasteiger partial charge in [-0.2, -0.15) is 13.2 Å². The summed E-state index contributed by atoms with van der Waals surface area (Å²) in [6.45, 7) is 1.26. The molecule has 1 aliphatic heterocycles. The smallest absolute Gasteiger partial charge is 0.387 e. The van der Waals surface area contributed by atoms with Crippen LogP contribution in [0.2, 0.25) is 0 Å². The molecule has 1 unspecified atom stereocenters. The number of alkyl halides is 3. The number of nitrogens with one attached hydrogen (secondary N) is 1. The third-order valence-electron chi connectivity index (χ3n) is 4.70. The van der Waals surface area contributed by atoms with Gasteiger partial charge in [0.05, 0.1) is 12.4 Å². The molecule has 1 fully saturated rings. The summed E-state index contributed by atoms with van der Waals surface area (Å²) in [5.74, 6) is 1.27. The van der Waals surface area contributed by atoms with Gasteiger partial charge in [-0.15, -0.1) is 0 Å². The van der Waals surface area contributed by atoms with Crippen LogP contribution in [-0.2, 0) is 6.18 Å². The maximum Gasteiger partial charge on any atom is 0.434 e. The zero-order valence-corrected chi connectivity index (χ0v) is 15.0. The fourth-order valence-corrected chi connectivity index (χ4v) is 3.24. The maximum absolute atomic E-state index is 13.0. The average molecular weight is 403 g/mol. The van der Waals surface area contributed by atoms with Crippen molar-refractivity contribution < 1.29 is 13.2 Å². The molecule has 3 aromatic rings. The van der Waals surface area contributed by atoms with Crippen LogP contribution in [0.1, 0.15) is 12.1 Å². The topological polar surface area (TPSA) is 121 Å². The van der Waals surface area contributed by atoms with E-state index in [0.717, 1.165) is 25.2 Å². The van der Waals surface area contributed by atoms with Crippen LogP contribution in [0, 0.1) is 11.3 Å². The van der Waals surface area contributed by atoms with E-state index in [-0.39, 0.29) is 17.4 Å². The molecular weight excluding hydrogens is 387 g/mol. The number of aromatic nitrogens is 5. The van der Waals surface area contributed by atoms with Gasteiger partial charge in [0.25, 0.3) is 0 Å². The van der Waals surface area contributed by atoms with E-state index in [1.54, 1.807) is 12.3 Å². The Kier molecular flexibility index (Phi) is 4.60. The largest absolute Gasteiger partial charge is 0.434 e. The van der Waals surface area contributed by atoms with Crippen LogP contribution in [0.5, 0.6) is 0 Å². The quantitative estimate of drug-likeness (QED) is 0.508. The van der Waals surface area contributed by atoms with Crippen molar-refractivity contribution >= 4 is 23.6 Å². The Balaban J connectivity index is 1.66. The second-order valence-corrected chi connectivity index (χ2v) is 6.50. The van der Waals surface area contributed by atoms with Crippen LogP contribution in [0.3, 0.4) is 0 Å². The van der Waals surface area contributed by atoms with E-state index in [2.05, 4.69) is 24.9 Å². The van der Waals surface area contributed by atoms with Crippen LogP contribution >= 0.6 is 0 Å². The number of hydrogen-bond acceptors (Lipinski definition) is 6. The average Bonchev–Trinajstić information content (AvgIpc) is 3.34. The standard InChI is InChI=1S/C17H16F3N9/c18-17(19,20)12-8-29-11(5-25-14(29)6-24-12)16-23-3-1-13(27-16)28-4-2-10(7-28)15(22)26-9-21/h1,3,5-6,8-10H,2,4,7H2,(H3,21,22,26). The van der Waals surface area contributed by atoms with Gasteiger partial charge in [0.15, 0.2) is 17.2 Å². The van der Waals surface area contributed by atoms with Crippen LogP contribution < -0.4 is 10.6 Å². The molecule has 0 aliphatic carbocycles. The SMILES string of the molecule is N=CN=C(N)C1CCN(c2ccnc(-c3cnc4cnc(C(F)(F)F)cn34)n2)C1. The lowest BCUT2D eigenvalue weighted by molar-refractivity contribution is -0.141. The normalized spacial score (nSPS) is 17.8. The summed E-state index contributed by atoms with van der Waals surface area (Å²) in [5, 5.41) is 7.03. The van der Waals surface area contributed by atoms with E-state index in [9.17, 15) is 13.2 Å². The Morgan fingerprint density at radius 2 is 2.10 bits per heavy atom. The van der Waals surface area contributed by atoms with Crippen molar-refractivity contribution in [2.75, 3.05) is 18.0 Å². The van der Waals surface area contributed by atoms with Gasteiger partial charge in [-0.3, -0.25) is 9.81 Å². The number of anilines is 1. The van der Waals surface area contributed by atoms with E-state index in [4.69, 9.17) is 11.1 Å². The first-order valence-corrected chi connectivity index (χ1v) is 8.67. The summed E-state index contributed by atoms with van der Waals surface area (Å²) in [4.78, 5) is 22.0. The summed E-state index contributed by atoms with van der Waals surface area (Å²) in [6.07, 6.45) is 2.01. The Morgan fingerprint density at radius 3 is 2.86 bits per heavy atom. The lowest BCUT2D eigenvalue weighted by Crippen LogP contribution is -2.28. The summed E-state index contributed by atoms with van der Waals surface area (Å²) in [6, 6.07) is 1.72. The monoisotopic (exact) mass is 403 g/mol. The van der Waals surface area contributed by atoms with Crippen molar-refractivity contribution in [3.8, 4) is 11.5 Å². The number of nitrogens with two attached hydrogens (primary N) is 1. The minimum Gasteiger partial charge on any atom is -0.387 e. The number of amidine groups is 1. The highest BCUT2D eigenvalue weighted by molar-refractivity contribution is 5.89. The number of aliphatic imine (C=N–C) groups is 1. The molecule has 9 nitrogen and oxygen atoms in total. The predicted octanol–water partition coefficient (Wildman–Crippen LogP) is 2.00.